The summed E-state index contributed by atoms with van der Waals surface area (Å²) >= 11 is 1.82. The van der Waals surface area contributed by atoms with Crippen LogP contribution in [0.2, 0.25) is 0 Å². The third-order valence-corrected chi connectivity index (χ3v) is 4.64. The molecule has 0 unspecified atom stereocenters. The van der Waals surface area contributed by atoms with Crippen molar-refractivity contribution in [3.05, 3.63) is 47.3 Å². The van der Waals surface area contributed by atoms with Crippen LogP contribution >= 0.6 is 11.3 Å². The van der Waals surface area contributed by atoms with Crippen molar-refractivity contribution in [3.8, 4) is 10.4 Å². The van der Waals surface area contributed by atoms with Crippen molar-refractivity contribution < 1.29 is 0 Å². The van der Waals surface area contributed by atoms with E-state index in [0.717, 1.165) is 12.6 Å². The molecule has 1 aliphatic rings. The fourth-order valence-electron chi connectivity index (χ4n) is 2.73. The SMILES string of the molecule is c1csc(-c2ccccc2CNC2CCCC2)c1. The molecule has 0 spiro atoms. The predicted molar refractivity (Wildman–Crippen MR) is 78.9 cm³/mol. The van der Waals surface area contributed by atoms with Gasteiger partial charge in [-0.2, -0.15) is 0 Å². The van der Waals surface area contributed by atoms with Crippen molar-refractivity contribution in [2.45, 2.75) is 38.3 Å². The van der Waals surface area contributed by atoms with Gasteiger partial charge in [-0.15, -0.1) is 11.3 Å². The van der Waals surface area contributed by atoms with Gasteiger partial charge >= 0.3 is 0 Å². The molecule has 0 saturated heterocycles. The molecule has 1 aliphatic carbocycles. The molecule has 1 saturated carbocycles. The highest BCUT2D eigenvalue weighted by Gasteiger charge is 2.14. The maximum Gasteiger partial charge on any atom is 0.0345 e. The smallest absolute Gasteiger partial charge is 0.0345 e. The molecule has 94 valence electrons. The van der Waals surface area contributed by atoms with E-state index in [1.807, 2.05) is 11.3 Å². The van der Waals surface area contributed by atoms with Crippen molar-refractivity contribution in [2.75, 3.05) is 0 Å². The van der Waals surface area contributed by atoms with E-state index in [9.17, 15) is 0 Å². The van der Waals surface area contributed by atoms with Crippen LogP contribution in [0, 0.1) is 0 Å². The standard InChI is InChI=1S/C16H19NS/c1-4-9-15(16-10-5-11-18-16)13(6-1)12-17-14-7-2-3-8-14/h1,4-6,9-11,14,17H,2-3,7-8,12H2. The van der Waals surface area contributed by atoms with Gasteiger partial charge in [-0.3, -0.25) is 0 Å². The van der Waals surface area contributed by atoms with Gasteiger partial charge in [0, 0.05) is 17.5 Å². The molecule has 2 heteroatoms. The lowest BCUT2D eigenvalue weighted by Crippen LogP contribution is -2.25. The first kappa shape index (κ1) is 11.9. The van der Waals surface area contributed by atoms with Crippen LogP contribution in [0.25, 0.3) is 10.4 Å². The lowest BCUT2D eigenvalue weighted by Gasteiger charge is -2.14. The minimum atomic E-state index is 0.737. The highest BCUT2D eigenvalue weighted by Crippen LogP contribution is 2.28. The second kappa shape index (κ2) is 5.68. The Kier molecular flexibility index (Phi) is 3.77. The highest BCUT2D eigenvalue weighted by molar-refractivity contribution is 7.13. The van der Waals surface area contributed by atoms with E-state index < -0.39 is 0 Å². The zero-order chi connectivity index (χ0) is 12.2. The van der Waals surface area contributed by atoms with Crippen LogP contribution < -0.4 is 5.32 Å². The van der Waals surface area contributed by atoms with Crippen molar-refractivity contribution in [1.29, 1.82) is 0 Å². The van der Waals surface area contributed by atoms with E-state index >= 15 is 0 Å². The van der Waals surface area contributed by atoms with Crippen molar-refractivity contribution in [1.82, 2.24) is 5.32 Å². The lowest BCUT2D eigenvalue weighted by atomic mass is 10.1. The largest absolute Gasteiger partial charge is 0.310 e. The molecule has 0 aliphatic heterocycles. The van der Waals surface area contributed by atoms with Crippen molar-refractivity contribution in [2.24, 2.45) is 0 Å². The molecule has 0 bridgehead atoms. The monoisotopic (exact) mass is 257 g/mol. The summed E-state index contributed by atoms with van der Waals surface area (Å²) in [5.41, 5.74) is 2.81. The van der Waals surface area contributed by atoms with E-state index in [-0.39, 0.29) is 0 Å². The fraction of sp³-hybridized carbons (Fsp3) is 0.375. The summed E-state index contributed by atoms with van der Waals surface area (Å²) < 4.78 is 0. The highest BCUT2D eigenvalue weighted by atomic mass is 32.1. The van der Waals surface area contributed by atoms with Crippen LogP contribution in [0.1, 0.15) is 31.2 Å². The topological polar surface area (TPSA) is 12.0 Å². The molecule has 18 heavy (non-hydrogen) atoms. The number of thiophene rings is 1. The summed E-state index contributed by atoms with van der Waals surface area (Å²) in [6, 6.07) is 13.8. The molecule has 2 aromatic rings. The summed E-state index contributed by atoms with van der Waals surface area (Å²) in [7, 11) is 0. The van der Waals surface area contributed by atoms with Crippen LogP contribution in [0.3, 0.4) is 0 Å². The van der Waals surface area contributed by atoms with Gasteiger partial charge in [0.2, 0.25) is 0 Å². The number of rotatable bonds is 4. The third-order valence-electron chi connectivity index (χ3n) is 3.74. The number of hydrogen-bond donors (Lipinski definition) is 1. The summed E-state index contributed by atoms with van der Waals surface area (Å²) in [6.07, 6.45) is 5.48. The van der Waals surface area contributed by atoms with E-state index in [2.05, 4.69) is 47.1 Å². The molecule has 1 aromatic carbocycles. The Morgan fingerprint density at radius 1 is 1.06 bits per heavy atom. The molecule has 0 amide bonds. The molecule has 0 radical (unpaired) electrons. The number of hydrogen-bond acceptors (Lipinski definition) is 2. The van der Waals surface area contributed by atoms with Gasteiger partial charge < -0.3 is 5.32 Å². The summed E-state index contributed by atoms with van der Waals surface area (Å²) in [6.45, 7) is 0.999. The summed E-state index contributed by atoms with van der Waals surface area (Å²) in [5, 5.41) is 5.85. The van der Waals surface area contributed by atoms with Crippen LogP contribution in [0.4, 0.5) is 0 Å². The average molecular weight is 257 g/mol. The van der Waals surface area contributed by atoms with Gasteiger partial charge in [-0.25, -0.2) is 0 Å². The number of nitrogens with one attached hydrogen (secondary N) is 1. The molecule has 1 fully saturated rings. The zero-order valence-corrected chi connectivity index (χ0v) is 11.4. The lowest BCUT2D eigenvalue weighted by molar-refractivity contribution is 0.524. The van der Waals surface area contributed by atoms with E-state index in [4.69, 9.17) is 0 Å². The average Bonchev–Trinajstić information content (AvgIpc) is 3.10. The predicted octanol–water partition coefficient (Wildman–Crippen LogP) is 4.45. The summed E-state index contributed by atoms with van der Waals surface area (Å²) in [5.74, 6) is 0. The van der Waals surface area contributed by atoms with E-state index in [0.29, 0.717) is 0 Å². The Labute approximate surface area is 113 Å². The molecular weight excluding hydrogens is 238 g/mol. The first-order valence-electron chi connectivity index (χ1n) is 6.78. The number of benzene rings is 1. The Morgan fingerprint density at radius 3 is 2.67 bits per heavy atom. The first-order chi connectivity index (χ1) is 8.93. The Hall–Kier alpha value is -1.12. The molecular formula is C16H19NS. The Bertz CT molecular complexity index is 484. The minimum Gasteiger partial charge on any atom is -0.310 e. The zero-order valence-electron chi connectivity index (χ0n) is 10.6. The van der Waals surface area contributed by atoms with Gasteiger partial charge in [-0.05, 0) is 35.4 Å². The van der Waals surface area contributed by atoms with Gasteiger partial charge in [0.05, 0.1) is 0 Å². The maximum atomic E-state index is 3.70. The Morgan fingerprint density at radius 2 is 1.89 bits per heavy atom. The van der Waals surface area contributed by atoms with Crippen LogP contribution in [-0.4, -0.2) is 6.04 Å². The van der Waals surface area contributed by atoms with Crippen molar-refractivity contribution >= 4 is 11.3 Å². The molecule has 3 rings (SSSR count). The van der Waals surface area contributed by atoms with Gasteiger partial charge in [0.25, 0.3) is 0 Å². The fourth-order valence-corrected chi connectivity index (χ4v) is 3.52. The van der Waals surface area contributed by atoms with E-state index in [1.54, 1.807) is 0 Å². The minimum absolute atomic E-state index is 0.737. The van der Waals surface area contributed by atoms with Crippen LogP contribution in [0.5, 0.6) is 0 Å². The van der Waals surface area contributed by atoms with Gasteiger partial charge in [0.15, 0.2) is 0 Å². The summed E-state index contributed by atoms with van der Waals surface area (Å²) in [4.78, 5) is 1.37. The van der Waals surface area contributed by atoms with Crippen LogP contribution in [-0.2, 0) is 6.54 Å². The molecule has 1 aromatic heterocycles. The van der Waals surface area contributed by atoms with Crippen LogP contribution in [0.15, 0.2) is 41.8 Å². The second-order valence-electron chi connectivity index (χ2n) is 5.00. The normalized spacial score (nSPS) is 16.2. The van der Waals surface area contributed by atoms with Crippen molar-refractivity contribution in [3.63, 3.8) is 0 Å². The maximum absolute atomic E-state index is 3.70. The van der Waals surface area contributed by atoms with E-state index in [1.165, 1.54) is 41.7 Å². The molecule has 1 nitrogen and oxygen atoms in total. The molecule has 1 N–H and O–H groups in total. The quantitative estimate of drug-likeness (QED) is 0.853. The molecule has 1 heterocycles. The second-order valence-corrected chi connectivity index (χ2v) is 5.94. The first-order valence-corrected chi connectivity index (χ1v) is 7.66. The van der Waals surface area contributed by atoms with Gasteiger partial charge in [-0.1, -0.05) is 43.2 Å². The Balaban J connectivity index is 1.75. The van der Waals surface area contributed by atoms with Gasteiger partial charge in [0.1, 0.15) is 0 Å². The third kappa shape index (κ3) is 2.65. The molecule has 0 atom stereocenters.